The summed E-state index contributed by atoms with van der Waals surface area (Å²) in [6.07, 6.45) is 16.3. The highest BCUT2D eigenvalue weighted by Gasteiger charge is 2.35. The molecular formula is C28H39NO9. The Bertz CT molecular complexity index is 760. The summed E-state index contributed by atoms with van der Waals surface area (Å²) in [5, 5.41) is 2.48. The quantitative estimate of drug-likeness (QED) is 0.134. The van der Waals surface area contributed by atoms with Crippen molar-refractivity contribution in [1.29, 1.82) is 0 Å². The third kappa shape index (κ3) is 19.1. The van der Waals surface area contributed by atoms with Gasteiger partial charge in [0.1, 0.15) is 26.4 Å². The smallest absolute Gasteiger partial charge is 0.246 e. The minimum absolute atomic E-state index is 0.0384. The van der Waals surface area contributed by atoms with Gasteiger partial charge in [0.05, 0.1) is 39.6 Å². The van der Waals surface area contributed by atoms with E-state index in [1.54, 1.807) is 0 Å². The molecule has 210 valence electrons. The number of amides is 1. The number of ketones is 3. The van der Waals surface area contributed by atoms with Gasteiger partial charge in [-0.2, -0.15) is 0 Å². The molecule has 0 aromatic heterocycles. The lowest BCUT2D eigenvalue weighted by Crippen LogP contribution is -2.42. The molecule has 0 heterocycles. The first-order valence-electron chi connectivity index (χ1n) is 12.3. The lowest BCUT2D eigenvalue weighted by Gasteiger charge is -2.32. The Hall–Kier alpha value is -3.04. The highest BCUT2D eigenvalue weighted by molar-refractivity contribution is 5.81. The van der Waals surface area contributed by atoms with Crippen LogP contribution in [0.4, 0.5) is 0 Å². The van der Waals surface area contributed by atoms with Crippen molar-refractivity contribution in [1.82, 2.24) is 5.32 Å². The maximum Gasteiger partial charge on any atom is 0.246 e. The maximum atomic E-state index is 12.8. The third-order valence-corrected chi connectivity index (χ3v) is 4.88. The summed E-state index contributed by atoms with van der Waals surface area (Å²) in [4.78, 5) is 48.8. The van der Waals surface area contributed by atoms with Crippen molar-refractivity contribution < 1.29 is 42.9 Å². The molecule has 0 radical (unpaired) electrons. The van der Waals surface area contributed by atoms with Gasteiger partial charge in [-0.3, -0.25) is 19.2 Å². The van der Waals surface area contributed by atoms with Crippen LogP contribution in [0.3, 0.4) is 0 Å². The van der Waals surface area contributed by atoms with E-state index in [1.165, 1.54) is 0 Å². The minimum atomic E-state index is -1.12. The monoisotopic (exact) mass is 533 g/mol. The minimum Gasteiger partial charge on any atom is -0.379 e. The second-order valence-electron chi connectivity index (χ2n) is 8.41. The van der Waals surface area contributed by atoms with E-state index in [0.29, 0.717) is 13.2 Å². The highest BCUT2D eigenvalue weighted by Crippen LogP contribution is 2.25. The molecule has 0 aliphatic rings. The molecule has 0 aromatic carbocycles. The fourth-order valence-electron chi connectivity index (χ4n) is 3.09. The van der Waals surface area contributed by atoms with Crippen LogP contribution >= 0.6 is 0 Å². The molecule has 0 saturated heterocycles. The Kier molecular flexibility index (Phi) is 21.3. The zero-order valence-electron chi connectivity index (χ0n) is 22.2. The summed E-state index contributed by atoms with van der Waals surface area (Å²) in [6, 6.07) is 0. The Morgan fingerprint density at radius 3 is 1.68 bits per heavy atom. The van der Waals surface area contributed by atoms with Gasteiger partial charge in [0, 0.05) is 44.1 Å². The Morgan fingerprint density at radius 2 is 1.18 bits per heavy atom. The largest absolute Gasteiger partial charge is 0.379 e. The molecule has 0 bridgehead atoms. The SMILES string of the molecule is C#CCCC(=O)COCC(COCC(=O)CCC#C)(COCC(=O)NCC#C)CC(=O)COCCOCC. The molecule has 10 nitrogen and oxygen atoms in total. The predicted molar refractivity (Wildman–Crippen MR) is 140 cm³/mol. The molecule has 10 heteroatoms. The van der Waals surface area contributed by atoms with Crippen LogP contribution in [-0.2, 0) is 42.9 Å². The molecule has 0 saturated carbocycles. The molecule has 0 unspecified atom stereocenters. The average molecular weight is 534 g/mol. The van der Waals surface area contributed by atoms with Crippen LogP contribution in [0.5, 0.6) is 0 Å². The standard InChI is InChI=1S/C28H39NO9/c1-5-9-11-24(30)17-36-21-28(22-37-18-25(31)12-10-6-2,23-38-20-27(33)29-13-7-3)16-26(32)19-35-15-14-34-8-4/h1-3H,8-23H2,4H3,(H,29,33). The Labute approximate surface area is 225 Å². The normalized spacial score (nSPS) is 10.7. The summed E-state index contributed by atoms with van der Waals surface area (Å²) >= 11 is 0. The van der Waals surface area contributed by atoms with Gasteiger partial charge in [0.15, 0.2) is 17.3 Å². The van der Waals surface area contributed by atoms with Gasteiger partial charge in [-0.1, -0.05) is 5.92 Å². The van der Waals surface area contributed by atoms with Crippen LogP contribution in [-0.4, -0.2) is 95.9 Å². The lowest BCUT2D eigenvalue weighted by molar-refractivity contribution is -0.139. The van der Waals surface area contributed by atoms with Crippen LogP contribution in [0.15, 0.2) is 0 Å². The summed E-state index contributed by atoms with van der Waals surface area (Å²) < 4.78 is 27.4. The molecule has 0 aliphatic carbocycles. The summed E-state index contributed by atoms with van der Waals surface area (Å²) in [6.45, 7) is 1.63. The molecule has 0 rings (SSSR count). The van der Waals surface area contributed by atoms with Crippen LogP contribution in [0.25, 0.3) is 0 Å². The van der Waals surface area contributed by atoms with Gasteiger partial charge in [0.25, 0.3) is 0 Å². The molecule has 38 heavy (non-hydrogen) atoms. The second kappa shape index (κ2) is 23.1. The first-order valence-corrected chi connectivity index (χ1v) is 12.3. The molecule has 0 aromatic rings. The van der Waals surface area contributed by atoms with Crippen LogP contribution in [0.1, 0.15) is 39.0 Å². The topological polar surface area (TPSA) is 126 Å². The van der Waals surface area contributed by atoms with E-state index >= 15 is 0 Å². The number of carbonyl (C=O) groups is 4. The van der Waals surface area contributed by atoms with Crippen molar-refractivity contribution in [2.75, 3.05) is 72.6 Å². The first kappa shape index (κ1) is 35.0. The van der Waals surface area contributed by atoms with E-state index in [-0.39, 0.29) is 109 Å². The molecule has 0 aliphatic heterocycles. The average Bonchev–Trinajstić information content (AvgIpc) is 2.89. The second-order valence-corrected chi connectivity index (χ2v) is 8.41. The van der Waals surface area contributed by atoms with Crippen molar-refractivity contribution in [2.45, 2.75) is 39.0 Å². The number of ether oxygens (including phenoxy) is 5. The van der Waals surface area contributed by atoms with E-state index in [2.05, 4.69) is 23.1 Å². The molecule has 0 spiro atoms. The van der Waals surface area contributed by atoms with Gasteiger partial charge >= 0.3 is 0 Å². The zero-order valence-corrected chi connectivity index (χ0v) is 22.2. The van der Waals surface area contributed by atoms with Gasteiger partial charge in [-0.05, 0) is 6.92 Å². The van der Waals surface area contributed by atoms with Crippen LogP contribution in [0.2, 0.25) is 0 Å². The van der Waals surface area contributed by atoms with E-state index < -0.39 is 11.3 Å². The van der Waals surface area contributed by atoms with Gasteiger partial charge in [-0.25, -0.2) is 0 Å². The Balaban J connectivity index is 5.43. The van der Waals surface area contributed by atoms with Gasteiger partial charge < -0.3 is 29.0 Å². The number of rotatable bonds is 25. The summed E-state index contributed by atoms with van der Waals surface area (Å²) in [5.41, 5.74) is -1.12. The number of carbonyl (C=O) groups excluding carboxylic acids is 4. The fraction of sp³-hybridized carbons (Fsp3) is 0.643. The summed E-state index contributed by atoms with van der Waals surface area (Å²) in [5.74, 6) is 5.92. The number of terminal acetylenes is 3. The van der Waals surface area contributed by atoms with E-state index in [9.17, 15) is 19.2 Å². The predicted octanol–water partition coefficient (Wildman–Crippen LogP) is 0.749. The molecule has 0 fully saturated rings. The molecule has 1 N–H and O–H groups in total. The van der Waals surface area contributed by atoms with Crippen molar-refractivity contribution in [3.05, 3.63) is 0 Å². The number of nitrogens with one attached hydrogen (secondary N) is 1. The number of hydrogen-bond acceptors (Lipinski definition) is 9. The highest BCUT2D eigenvalue weighted by atomic mass is 16.5. The molecular weight excluding hydrogens is 494 g/mol. The van der Waals surface area contributed by atoms with Crippen molar-refractivity contribution >= 4 is 23.3 Å². The van der Waals surface area contributed by atoms with Crippen molar-refractivity contribution in [3.63, 3.8) is 0 Å². The zero-order chi connectivity index (χ0) is 28.5. The van der Waals surface area contributed by atoms with E-state index in [0.717, 1.165) is 0 Å². The maximum absolute atomic E-state index is 12.8. The third-order valence-electron chi connectivity index (χ3n) is 4.88. The van der Waals surface area contributed by atoms with Gasteiger partial charge in [-0.15, -0.1) is 31.1 Å². The molecule has 1 amide bonds. The number of Topliss-reactive ketones (excluding diaryl/α,β-unsaturated/α-hetero) is 3. The van der Waals surface area contributed by atoms with Crippen LogP contribution in [0, 0.1) is 42.4 Å². The van der Waals surface area contributed by atoms with Gasteiger partial charge in [0.2, 0.25) is 5.91 Å². The van der Waals surface area contributed by atoms with Crippen molar-refractivity contribution in [2.24, 2.45) is 5.41 Å². The van der Waals surface area contributed by atoms with E-state index in [1.807, 2.05) is 6.92 Å². The lowest BCUT2D eigenvalue weighted by atomic mass is 9.85. The van der Waals surface area contributed by atoms with Crippen LogP contribution < -0.4 is 5.32 Å². The van der Waals surface area contributed by atoms with E-state index in [4.69, 9.17) is 43.0 Å². The fourth-order valence-corrected chi connectivity index (χ4v) is 3.09. The Morgan fingerprint density at radius 1 is 0.684 bits per heavy atom. The molecule has 0 atom stereocenters. The first-order chi connectivity index (χ1) is 18.3. The van der Waals surface area contributed by atoms with Crippen molar-refractivity contribution in [3.8, 4) is 37.0 Å². The number of hydrogen-bond donors (Lipinski definition) is 1. The summed E-state index contributed by atoms with van der Waals surface area (Å²) in [7, 11) is 0.